The number of benzene rings is 1. The Morgan fingerprint density at radius 1 is 1.22 bits per heavy atom. The molecule has 1 fully saturated rings. The highest BCUT2D eigenvalue weighted by atomic mass is 16.2. The Morgan fingerprint density at radius 3 is 2.44 bits per heavy atom. The van der Waals surface area contributed by atoms with Crippen molar-refractivity contribution < 1.29 is 9.59 Å². The third-order valence-corrected chi connectivity index (χ3v) is 4.39. The van der Waals surface area contributed by atoms with Gasteiger partial charge in [0.15, 0.2) is 0 Å². The summed E-state index contributed by atoms with van der Waals surface area (Å²) in [7, 11) is 0. The molecule has 0 N–H and O–H groups in total. The molecule has 0 saturated heterocycles. The van der Waals surface area contributed by atoms with Crippen LogP contribution in [0.5, 0.6) is 0 Å². The molecule has 2 atom stereocenters. The van der Waals surface area contributed by atoms with Crippen molar-refractivity contribution in [3.8, 4) is 0 Å². The van der Waals surface area contributed by atoms with Crippen molar-refractivity contribution in [2.45, 2.75) is 45.4 Å². The van der Waals surface area contributed by atoms with Crippen LogP contribution >= 0.6 is 0 Å². The van der Waals surface area contributed by atoms with Crippen LogP contribution in [0.15, 0.2) is 30.3 Å². The lowest BCUT2D eigenvalue weighted by Gasteiger charge is -2.38. The molecule has 1 aromatic carbocycles. The Balaban J connectivity index is 2.42. The van der Waals surface area contributed by atoms with Crippen molar-refractivity contribution >= 4 is 11.6 Å². The maximum atomic E-state index is 12.4. The molecule has 1 saturated carbocycles. The minimum atomic E-state index is -0.778. The second kappa shape index (κ2) is 5.05. The number of hydrogen-bond acceptors (Lipinski definition) is 2. The molecule has 2 nitrogen and oxygen atoms in total. The SMILES string of the molecule is CC(=O)C1(C(C)c2ccccc2)CCCCC1=O. The molecule has 1 aromatic rings. The van der Waals surface area contributed by atoms with Gasteiger partial charge in [0.2, 0.25) is 0 Å². The van der Waals surface area contributed by atoms with Crippen LogP contribution in [0.3, 0.4) is 0 Å². The highest BCUT2D eigenvalue weighted by Crippen LogP contribution is 2.45. The second-order valence-electron chi connectivity index (χ2n) is 5.29. The summed E-state index contributed by atoms with van der Waals surface area (Å²) in [6, 6.07) is 9.91. The number of ketones is 2. The molecule has 1 aliphatic rings. The molecule has 0 radical (unpaired) electrons. The van der Waals surface area contributed by atoms with Gasteiger partial charge in [-0.15, -0.1) is 0 Å². The van der Waals surface area contributed by atoms with E-state index < -0.39 is 5.41 Å². The first kappa shape index (κ1) is 13.0. The van der Waals surface area contributed by atoms with E-state index in [2.05, 4.69) is 0 Å². The first-order valence-corrected chi connectivity index (χ1v) is 6.68. The Labute approximate surface area is 108 Å². The quantitative estimate of drug-likeness (QED) is 0.762. The lowest BCUT2D eigenvalue weighted by Crippen LogP contribution is -2.44. The van der Waals surface area contributed by atoms with Gasteiger partial charge < -0.3 is 0 Å². The van der Waals surface area contributed by atoms with Crippen LogP contribution in [0.25, 0.3) is 0 Å². The topological polar surface area (TPSA) is 34.1 Å². The van der Waals surface area contributed by atoms with E-state index in [0.717, 1.165) is 18.4 Å². The summed E-state index contributed by atoms with van der Waals surface area (Å²) in [5.74, 6) is 0.144. The molecule has 0 amide bonds. The predicted molar refractivity (Wildman–Crippen MR) is 71.4 cm³/mol. The molecule has 2 rings (SSSR count). The molecule has 2 unspecified atom stereocenters. The molecule has 2 heteroatoms. The largest absolute Gasteiger partial charge is 0.299 e. The summed E-state index contributed by atoms with van der Waals surface area (Å²) in [6.07, 6.45) is 3.16. The third kappa shape index (κ3) is 2.00. The first-order valence-electron chi connectivity index (χ1n) is 6.68. The molecule has 0 aromatic heterocycles. The fourth-order valence-corrected chi connectivity index (χ4v) is 3.21. The number of rotatable bonds is 3. The summed E-state index contributed by atoms with van der Waals surface area (Å²) < 4.78 is 0. The first-order chi connectivity index (χ1) is 8.59. The van der Waals surface area contributed by atoms with Crippen LogP contribution in [-0.4, -0.2) is 11.6 Å². The highest BCUT2D eigenvalue weighted by Gasteiger charge is 2.48. The number of hydrogen-bond donors (Lipinski definition) is 0. The maximum absolute atomic E-state index is 12.4. The van der Waals surface area contributed by atoms with Crippen molar-refractivity contribution in [2.24, 2.45) is 5.41 Å². The van der Waals surface area contributed by atoms with Gasteiger partial charge in [0.1, 0.15) is 11.6 Å². The van der Waals surface area contributed by atoms with E-state index >= 15 is 0 Å². The second-order valence-corrected chi connectivity index (χ2v) is 5.29. The predicted octanol–water partition coefficient (Wildman–Crippen LogP) is 3.51. The van der Waals surface area contributed by atoms with Gasteiger partial charge in [0, 0.05) is 12.3 Å². The lowest BCUT2D eigenvalue weighted by atomic mass is 9.61. The summed E-state index contributed by atoms with van der Waals surface area (Å²) in [4.78, 5) is 24.5. The molecule has 1 aliphatic carbocycles. The fourth-order valence-electron chi connectivity index (χ4n) is 3.21. The Morgan fingerprint density at radius 2 is 1.89 bits per heavy atom. The molecule has 0 heterocycles. The van der Waals surface area contributed by atoms with Gasteiger partial charge in [-0.1, -0.05) is 43.7 Å². The molecule has 96 valence electrons. The molecular formula is C16H20O2. The zero-order chi connectivity index (χ0) is 13.2. The molecule has 0 spiro atoms. The van der Waals surface area contributed by atoms with E-state index in [1.807, 2.05) is 37.3 Å². The molecule has 0 aliphatic heterocycles. The highest BCUT2D eigenvalue weighted by molar-refractivity contribution is 6.07. The maximum Gasteiger partial charge on any atom is 0.147 e. The van der Waals surface area contributed by atoms with Crippen LogP contribution in [-0.2, 0) is 9.59 Å². The van der Waals surface area contributed by atoms with Gasteiger partial charge in [0.25, 0.3) is 0 Å². The van der Waals surface area contributed by atoms with Crippen LogP contribution in [0.4, 0.5) is 0 Å². The van der Waals surface area contributed by atoms with Crippen molar-refractivity contribution in [2.75, 3.05) is 0 Å². The number of carbonyl (C=O) groups is 2. The van der Waals surface area contributed by atoms with Crippen LogP contribution in [0.1, 0.15) is 51.0 Å². The molecule has 0 bridgehead atoms. The van der Waals surface area contributed by atoms with E-state index in [-0.39, 0.29) is 17.5 Å². The fraction of sp³-hybridized carbons (Fsp3) is 0.500. The van der Waals surface area contributed by atoms with E-state index in [9.17, 15) is 9.59 Å². The number of carbonyl (C=O) groups excluding carboxylic acids is 2. The van der Waals surface area contributed by atoms with Crippen LogP contribution in [0, 0.1) is 5.41 Å². The van der Waals surface area contributed by atoms with Gasteiger partial charge >= 0.3 is 0 Å². The average molecular weight is 244 g/mol. The van der Waals surface area contributed by atoms with Gasteiger partial charge in [-0.3, -0.25) is 9.59 Å². The zero-order valence-electron chi connectivity index (χ0n) is 11.1. The Hall–Kier alpha value is -1.44. The average Bonchev–Trinajstić information content (AvgIpc) is 2.39. The van der Waals surface area contributed by atoms with Crippen molar-refractivity contribution in [3.05, 3.63) is 35.9 Å². The summed E-state index contributed by atoms with van der Waals surface area (Å²) in [5, 5.41) is 0. The lowest BCUT2D eigenvalue weighted by molar-refractivity contribution is -0.143. The Bertz CT molecular complexity index is 449. The van der Waals surface area contributed by atoms with E-state index in [4.69, 9.17) is 0 Å². The van der Waals surface area contributed by atoms with Gasteiger partial charge in [0.05, 0.1) is 5.41 Å². The van der Waals surface area contributed by atoms with Gasteiger partial charge in [-0.05, 0) is 25.3 Å². The zero-order valence-corrected chi connectivity index (χ0v) is 11.1. The summed E-state index contributed by atoms with van der Waals surface area (Å²) in [5.41, 5.74) is 0.308. The molecular weight excluding hydrogens is 224 g/mol. The van der Waals surface area contributed by atoms with Crippen LogP contribution < -0.4 is 0 Å². The van der Waals surface area contributed by atoms with Crippen molar-refractivity contribution in [3.63, 3.8) is 0 Å². The Kier molecular flexibility index (Phi) is 3.65. The van der Waals surface area contributed by atoms with Crippen molar-refractivity contribution in [1.82, 2.24) is 0 Å². The smallest absolute Gasteiger partial charge is 0.147 e. The van der Waals surface area contributed by atoms with E-state index in [0.29, 0.717) is 12.8 Å². The third-order valence-electron chi connectivity index (χ3n) is 4.39. The molecule has 18 heavy (non-hydrogen) atoms. The van der Waals surface area contributed by atoms with E-state index in [1.165, 1.54) is 0 Å². The van der Waals surface area contributed by atoms with Crippen molar-refractivity contribution in [1.29, 1.82) is 0 Å². The van der Waals surface area contributed by atoms with Crippen LogP contribution in [0.2, 0.25) is 0 Å². The normalized spacial score (nSPS) is 25.8. The minimum Gasteiger partial charge on any atom is -0.299 e. The minimum absolute atomic E-state index is 0.0241. The monoisotopic (exact) mass is 244 g/mol. The summed E-state index contributed by atoms with van der Waals surface area (Å²) in [6.45, 7) is 3.59. The van der Waals surface area contributed by atoms with Gasteiger partial charge in [-0.25, -0.2) is 0 Å². The van der Waals surface area contributed by atoms with Gasteiger partial charge in [-0.2, -0.15) is 0 Å². The standard InChI is InChI=1S/C16H20O2/c1-12(14-8-4-3-5-9-14)16(13(2)17)11-7-6-10-15(16)18/h3-5,8-9,12H,6-7,10-11H2,1-2H3. The van der Waals surface area contributed by atoms with E-state index in [1.54, 1.807) is 6.92 Å². The number of Topliss-reactive ketones (excluding diaryl/α,β-unsaturated/α-hetero) is 2. The summed E-state index contributed by atoms with van der Waals surface area (Å²) >= 11 is 0.